The first kappa shape index (κ1) is 24.1. The lowest BCUT2D eigenvalue weighted by atomic mass is 10.2. The summed E-state index contributed by atoms with van der Waals surface area (Å²) in [4.78, 5) is 51.1. The molecule has 0 radical (unpaired) electrons. The Hall–Kier alpha value is -3.53. The van der Waals surface area contributed by atoms with E-state index >= 15 is 0 Å². The van der Waals surface area contributed by atoms with E-state index in [0.717, 1.165) is 25.9 Å². The van der Waals surface area contributed by atoms with Gasteiger partial charge in [-0.05, 0) is 49.2 Å². The van der Waals surface area contributed by atoms with E-state index in [0.29, 0.717) is 16.3 Å². The highest BCUT2D eigenvalue weighted by molar-refractivity contribution is 8.00. The van der Waals surface area contributed by atoms with E-state index in [1.54, 1.807) is 48.5 Å². The van der Waals surface area contributed by atoms with Crippen molar-refractivity contribution in [2.45, 2.75) is 17.7 Å². The van der Waals surface area contributed by atoms with Gasteiger partial charge in [0.1, 0.15) is 5.75 Å². The predicted molar refractivity (Wildman–Crippen MR) is 123 cm³/mol. The van der Waals surface area contributed by atoms with Gasteiger partial charge in [0, 0.05) is 23.7 Å². The molecule has 9 nitrogen and oxygen atoms in total. The number of nitrogens with zero attached hydrogens (tertiary/aromatic N) is 1. The molecule has 0 atom stereocenters. The third-order valence-corrected chi connectivity index (χ3v) is 5.91. The number of thioether (sulfide) groups is 1. The molecule has 0 aliphatic carbocycles. The lowest BCUT2D eigenvalue weighted by molar-refractivity contribution is -0.127. The maximum atomic E-state index is 12.5. The van der Waals surface area contributed by atoms with Crippen LogP contribution in [0.2, 0.25) is 0 Å². The van der Waals surface area contributed by atoms with Crippen molar-refractivity contribution in [3.05, 3.63) is 54.1 Å². The van der Waals surface area contributed by atoms with E-state index in [1.807, 2.05) is 4.90 Å². The Morgan fingerprint density at radius 2 is 1.70 bits per heavy atom. The summed E-state index contributed by atoms with van der Waals surface area (Å²) in [7, 11) is 1.53. The molecule has 1 aliphatic rings. The Labute approximate surface area is 195 Å². The van der Waals surface area contributed by atoms with Crippen LogP contribution >= 0.6 is 11.8 Å². The Balaban J connectivity index is 1.46. The fourth-order valence-electron chi connectivity index (χ4n) is 3.17. The SMILES string of the molecule is COc1ccc(NC(=O)NC(=O)COC(=O)c2ccccc2SCC(=O)N2CCCC2)cc1. The van der Waals surface area contributed by atoms with Gasteiger partial charge in [-0.3, -0.25) is 14.9 Å². The zero-order chi connectivity index (χ0) is 23.6. The zero-order valence-corrected chi connectivity index (χ0v) is 19.0. The second-order valence-corrected chi connectivity index (χ2v) is 8.20. The van der Waals surface area contributed by atoms with Gasteiger partial charge in [-0.25, -0.2) is 9.59 Å². The first-order chi connectivity index (χ1) is 16.0. The molecule has 10 heteroatoms. The van der Waals surface area contributed by atoms with Gasteiger partial charge >= 0.3 is 12.0 Å². The summed E-state index contributed by atoms with van der Waals surface area (Å²) in [5.41, 5.74) is 0.722. The van der Waals surface area contributed by atoms with Gasteiger partial charge in [0.25, 0.3) is 5.91 Å². The first-order valence-corrected chi connectivity index (χ1v) is 11.4. The first-order valence-electron chi connectivity index (χ1n) is 10.4. The highest BCUT2D eigenvalue weighted by atomic mass is 32.2. The number of hydrogen-bond acceptors (Lipinski definition) is 7. The number of carbonyl (C=O) groups is 4. The van der Waals surface area contributed by atoms with E-state index in [-0.39, 0.29) is 17.2 Å². The molecular formula is C23H25N3O6S. The van der Waals surface area contributed by atoms with Crippen LogP contribution < -0.4 is 15.4 Å². The molecule has 0 saturated carbocycles. The van der Waals surface area contributed by atoms with Crippen molar-refractivity contribution < 1.29 is 28.7 Å². The van der Waals surface area contributed by atoms with Gasteiger partial charge in [-0.2, -0.15) is 0 Å². The van der Waals surface area contributed by atoms with Crippen molar-refractivity contribution in [1.82, 2.24) is 10.2 Å². The minimum Gasteiger partial charge on any atom is -0.497 e. The quantitative estimate of drug-likeness (QED) is 0.449. The fraction of sp³-hybridized carbons (Fsp3) is 0.304. The third kappa shape index (κ3) is 7.25. The number of amides is 4. The molecule has 4 amide bonds. The van der Waals surface area contributed by atoms with Gasteiger partial charge in [0.15, 0.2) is 6.61 Å². The summed E-state index contributed by atoms with van der Waals surface area (Å²) in [5.74, 6) is -0.608. The fourth-order valence-corrected chi connectivity index (χ4v) is 4.11. The number of esters is 1. The average molecular weight is 472 g/mol. The summed E-state index contributed by atoms with van der Waals surface area (Å²) in [5, 5.41) is 4.59. The molecule has 1 saturated heterocycles. The molecule has 0 spiro atoms. The zero-order valence-electron chi connectivity index (χ0n) is 18.2. The average Bonchev–Trinajstić information content (AvgIpc) is 3.37. The van der Waals surface area contributed by atoms with Crippen molar-refractivity contribution in [3.63, 3.8) is 0 Å². The minimum absolute atomic E-state index is 0.0305. The van der Waals surface area contributed by atoms with Crippen molar-refractivity contribution in [2.24, 2.45) is 0 Å². The monoisotopic (exact) mass is 471 g/mol. The van der Waals surface area contributed by atoms with Crippen molar-refractivity contribution >= 4 is 41.3 Å². The van der Waals surface area contributed by atoms with Crippen LogP contribution in [0, 0.1) is 0 Å². The summed E-state index contributed by atoms with van der Waals surface area (Å²) >= 11 is 1.25. The summed E-state index contributed by atoms with van der Waals surface area (Å²) < 4.78 is 10.1. The molecule has 1 fully saturated rings. The number of benzene rings is 2. The number of ether oxygens (including phenoxy) is 2. The normalized spacial score (nSPS) is 12.7. The van der Waals surface area contributed by atoms with Gasteiger partial charge in [-0.1, -0.05) is 12.1 Å². The van der Waals surface area contributed by atoms with Gasteiger partial charge in [0.05, 0.1) is 18.4 Å². The Kier molecular flexibility index (Phi) is 8.71. The lowest BCUT2D eigenvalue weighted by Gasteiger charge is -2.15. The number of rotatable bonds is 8. The number of anilines is 1. The number of likely N-dealkylation sites (tertiary alicyclic amines) is 1. The molecule has 2 aromatic carbocycles. The number of hydrogen-bond donors (Lipinski definition) is 2. The van der Waals surface area contributed by atoms with Gasteiger partial charge in [-0.15, -0.1) is 11.8 Å². The highest BCUT2D eigenvalue weighted by Gasteiger charge is 2.20. The van der Waals surface area contributed by atoms with Crippen LogP contribution in [0.15, 0.2) is 53.4 Å². The number of nitrogens with one attached hydrogen (secondary N) is 2. The van der Waals surface area contributed by atoms with Crippen LogP contribution in [0.4, 0.5) is 10.5 Å². The van der Waals surface area contributed by atoms with Crippen LogP contribution in [0.1, 0.15) is 23.2 Å². The number of imide groups is 1. The molecule has 0 aromatic heterocycles. The molecular weight excluding hydrogens is 446 g/mol. The smallest absolute Gasteiger partial charge is 0.339 e. The Morgan fingerprint density at radius 3 is 2.39 bits per heavy atom. The minimum atomic E-state index is -0.774. The van der Waals surface area contributed by atoms with E-state index in [2.05, 4.69) is 10.6 Å². The number of carbonyl (C=O) groups excluding carboxylic acids is 4. The largest absolute Gasteiger partial charge is 0.497 e. The van der Waals surface area contributed by atoms with Gasteiger partial charge < -0.3 is 19.7 Å². The van der Waals surface area contributed by atoms with Crippen LogP contribution in [-0.2, 0) is 14.3 Å². The van der Waals surface area contributed by atoms with Crippen LogP contribution in [0.25, 0.3) is 0 Å². The molecule has 33 heavy (non-hydrogen) atoms. The van der Waals surface area contributed by atoms with Crippen LogP contribution in [0.3, 0.4) is 0 Å². The molecule has 1 aliphatic heterocycles. The van der Waals surface area contributed by atoms with Crippen molar-refractivity contribution in [1.29, 1.82) is 0 Å². The van der Waals surface area contributed by atoms with Crippen molar-refractivity contribution in [3.8, 4) is 5.75 Å². The second kappa shape index (κ2) is 11.9. The molecule has 2 N–H and O–H groups in total. The number of urea groups is 1. The third-order valence-electron chi connectivity index (χ3n) is 4.85. The Bertz CT molecular complexity index is 1010. The molecule has 1 heterocycles. The topological polar surface area (TPSA) is 114 Å². The number of methoxy groups -OCH3 is 1. The standard InChI is InChI=1S/C23H25N3O6S/c1-31-17-10-8-16(9-11-17)24-23(30)25-20(27)14-32-22(29)18-6-2-3-7-19(18)33-15-21(28)26-12-4-5-13-26/h2-3,6-11H,4-5,12-15H2,1H3,(H2,24,25,27,30). The van der Waals surface area contributed by atoms with E-state index in [9.17, 15) is 19.2 Å². The van der Waals surface area contributed by atoms with E-state index in [1.165, 1.54) is 18.9 Å². The van der Waals surface area contributed by atoms with Crippen LogP contribution in [-0.4, -0.2) is 61.3 Å². The molecule has 2 aromatic rings. The summed E-state index contributed by atoms with van der Waals surface area (Å²) in [6.45, 7) is 0.912. The van der Waals surface area contributed by atoms with Crippen molar-refractivity contribution in [2.75, 3.05) is 37.9 Å². The molecule has 0 bridgehead atoms. The molecule has 0 unspecified atom stereocenters. The Morgan fingerprint density at radius 1 is 1.00 bits per heavy atom. The summed E-state index contributed by atoms with van der Waals surface area (Å²) in [6, 6.07) is 12.5. The molecule has 3 rings (SSSR count). The van der Waals surface area contributed by atoms with E-state index < -0.39 is 24.5 Å². The maximum Gasteiger partial charge on any atom is 0.339 e. The second-order valence-electron chi connectivity index (χ2n) is 7.18. The summed E-state index contributed by atoms with van der Waals surface area (Å²) in [6.07, 6.45) is 2.03. The highest BCUT2D eigenvalue weighted by Crippen LogP contribution is 2.24. The maximum absolute atomic E-state index is 12.5. The van der Waals surface area contributed by atoms with Gasteiger partial charge in [0.2, 0.25) is 5.91 Å². The van der Waals surface area contributed by atoms with Crippen LogP contribution in [0.5, 0.6) is 5.75 Å². The molecule has 174 valence electrons. The lowest BCUT2D eigenvalue weighted by Crippen LogP contribution is -2.37. The van der Waals surface area contributed by atoms with E-state index in [4.69, 9.17) is 9.47 Å². The predicted octanol–water partition coefficient (Wildman–Crippen LogP) is 2.91.